The van der Waals surface area contributed by atoms with E-state index in [9.17, 15) is 4.79 Å². The molecule has 1 amide bonds. The number of benzene rings is 1. The maximum Gasteiger partial charge on any atom is 0.255 e. The monoisotopic (exact) mass is 242 g/mol. The number of nitrogens with zero attached hydrogens (tertiary/aromatic N) is 1. The second kappa shape index (κ2) is 5.82. The van der Waals surface area contributed by atoms with Crippen molar-refractivity contribution in [2.24, 2.45) is 0 Å². The van der Waals surface area contributed by atoms with Gasteiger partial charge in [0, 0.05) is 11.8 Å². The zero-order valence-electron chi connectivity index (χ0n) is 10.1. The van der Waals surface area contributed by atoms with Gasteiger partial charge in [-0.2, -0.15) is 0 Å². The van der Waals surface area contributed by atoms with E-state index in [4.69, 9.17) is 4.74 Å². The molecule has 92 valence electrons. The van der Waals surface area contributed by atoms with Gasteiger partial charge in [-0.05, 0) is 31.2 Å². The third-order valence-corrected chi connectivity index (χ3v) is 2.34. The van der Waals surface area contributed by atoms with Crippen LogP contribution >= 0.6 is 0 Å². The zero-order chi connectivity index (χ0) is 12.8. The van der Waals surface area contributed by atoms with Gasteiger partial charge in [-0.3, -0.25) is 4.79 Å². The maximum absolute atomic E-state index is 12.0. The van der Waals surface area contributed by atoms with E-state index in [2.05, 4.69) is 10.3 Å². The van der Waals surface area contributed by atoms with Gasteiger partial charge < -0.3 is 10.1 Å². The van der Waals surface area contributed by atoms with Gasteiger partial charge in [0.2, 0.25) is 5.88 Å². The zero-order valence-corrected chi connectivity index (χ0v) is 10.1. The van der Waals surface area contributed by atoms with E-state index in [0.717, 1.165) is 0 Å². The van der Waals surface area contributed by atoms with E-state index in [-0.39, 0.29) is 5.91 Å². The van der Waals surface area contributed by atoms with Gasteiger partial charge in [0.1, 0.15) is 5.69 Å². The molecule has 0 atom stereocenters. The Morgan fingerprint density at radius 2 is 2.00 bits per heavy atom. The van der Waals surface area contributed by atoms with E-state index in [1.807, 2.05) is 25.1 Å². The van der Waals surface area contributed by atoms with Crippen molar-refractivity contribution in [3.8, 4) is 5.88 Å². The summed E-state index contributed by atoms with van der Waals surface area (Å²) < 4.78 is 5.35. The van der Waals surface area contributed by atoms with Gasteiger partial charge >= 0.3 is 0 Å². The summed E-state index contributed by atoms with van der Waals surface area (Å²) in [6.45, 7) is 2.38. The average molecular weight is 242 g/mol. The molecule has 4 heteroatoms. The predicted octanol–water partition coefficient (Wildman–Crippen LogP) is 2.73. The molecule has 1 N–H and O–H groups in total. The third-order valence-electron chi connectivity index (χ3n) is 2.34. The molecule has 1 heterocycles. The van der Waals surface area contributed by atoms with Crippen LogP contribution in [0.25, 0.3) is 0 Å². The summed E-state index contributed by atoms with van der Waals surface area (Å²) in [7, 11) is 0. The van der Waals surface area contributed by atoms with Crippen LogP contribution in [-0.4, -0.2) is 17.5 Å². The highest BCUT2D eigenvalue weighted by molar-refractivity contribution is 6.04. The second-order valence-electron chi connectivity index (χ2n) is 3.61. The van der Waals surface area contributed by atoms with Crippen LogP contribution in [0, 0.1) is 0 Å². The molecular formula is C14H14N2O2. The van der Waals surface area contributed by atoms with Gasteiger partial charge in [-0.1, -0.05) is 18.2 Å². The minimum Gasteiger partial charge on any atom is -0.476 e. The standard InChI is InChI=1S/C14H14N2O2/c1-2-18-14-12(9-6-10-15-14)16-13(17)11-7-4-3-5-8-11/h3-10H,2H2,1H3,(H,16,17). The molecule has 4 nitrogen and oxygen atoms in total. The van der Waals surface area contributed by atoms with Crippen LogP contribution in [0.5, 0.6) is 5.88 Å². The molecule has 1 aromatic carbocycles. The summed E-state index contributed by atoms with van der Waals surface area (Å²) in [6.07, 6.45) is 1.63. The molecule has 0 unspecified atom stereocenters. The van der Waals surface area contributed by atoms with Gasteiger partial charge in [-0.25, -0.2) is 4.98 Å². The number of nitrogens with one attached hydrogen (secondary N) is 1. The van der Waals surface area contributed by atoms with Crippen molar-refractivity contribution in [3.05, 3.63) is 54.2 Å². The summed E-state index contributed by atoms with van der Waals surface area (Å²) in [4.78, 5) is 16.1. The highest BCUT2D eigenvalue weighted by atomic mass is 16.5. The minimum atomic E-state index is -0.176. The largest absolute Gasteiger partial charge is 0.476 e. The summed E-state index contributed by atoms with van der Waals surface area (Å²) in [6, 6.07) is 12.5. The molecule has 2 rings (SSSR count). The molecule has 0 saturated carbocycles. The fourth-order valence-corrected chi connectivity index (χ4v) is 1.52. The Hall–Kier alpha value is -2.36. The molecule has 2 aromatic rings. The van der Waals surface area contributed by atoms with E-state index in [1.165, 1.54) is 0 Å². The van der Waals surface area contributed by atoms with Crippen LogP contribution in [0.2, 0.25) is 0 Å². The Bertz CT molecular complexity index is 526. The summed E-state index contributed by atoms with van der Waals surface area (Å²) in [5.41, 5.74) is 1.18. The normalized spacial score (nSPS) is 9.83. The Labute approximate surface area is 106 Å². The molecule has 0 aliphatic carbocycles. The number of carbonyl (C=O) groups is 1. The number of pyridine rings is 1. The van der Waals surface area contributed by atoms with Crippen LogP contribution in [0.3, 0.4) is 0 Å². The lowest BCUT2D eigenvalue weighted by molar-refractivity contribution is 0.102. The second-order valence-corrected chi connectivity index (χ2v) is 3.61. The smallest absolute Gasteiger partial charge is 0.255 e. The van der Waals surface area contributed by atoms with Crippen LogP contribution in [-0.2, 0) is 0 Å². The van der Waals surface area contributed by atoms with Crippen molar-refractivity contribution in [3.63, 3.8) is 0 Å². The van der Waals surface area contributed by atoms with E-state index < -0.39 is 0 Å². The summed E-state index contributed by atoms with van der Waals surface area (Å²) in [5, 5.41) is 2.79. The molecule has 0 bridgehead atoms. The number of carbonyl (C=O) groups excluding carboxylic acids is 1. The maximum atomic E-state index is 12.0. The predicted molar refractivity (Wildman–Crippen MR) is 69.8 cm³/mol. The van der Waals surface area contributed by atoms with E-state index in [0.29, 0.717) is 23.7 Å². The summed E-state index contributed by atoms with van der Waals surface area (Å²) >= 11 is 0. The Balaban J connectivity index is 2.17. The van der Waals surface area contributed by atoms with Crippen molar-refractivity contribution < 1.29 is 9.53 Å². The number of aromatic nitrogens is 1. The Kier molecular flexibility index (Phi) is 3.91. The lowest BCUT2D eigenvalue weighted by Crippen LogP contribution is -2.13. The van der Waals surface area contributed by atoms with Gasteiger partial charge in [0.05, 0.1) is 6.61 Å². The molecule has 1 aromatic heterocycles. The molecule has 0 saturated heterocycles. The first-order valence-electron chi connectivity index (χ1n) is 5.75. The van der Waals surface area contributed by atoms with Crippen molar-refractivity contribution in [1.82, 2.24) is 4.98 Å². The van der Waals surface area contributed by atoms with Crippen molar-refractivity contribution in [2.45, 2.75) is 6.92 Å². The number of hydrogen-bond acceptors (Lipinski definition) is 3. The first kappa shape index (κ1) is 12.1. The van der Waals surface area contributed by atoms with Gasteiger partial charge in [-0.15, -0.1) is 0 Å². The molecule has 0 spiro atoms. The van der Waals surface area contributed by atoms with Crippen molar-refractivity contribution in [1.29, 1.82) is 0 Å². The number of ether oxygens (including phenoxy) is 1. The first-order chi connectivity index (χ1) is 8.81. The Morgan fingerprint density at radius 1 is 1.22 bits per heavy atom. The first-order valence-corrected chi connectivity index (χ1v) is 5.75. The molecular weight excluding hydrogens is 228 g/mol. The van der Waals surface area contributed by atoms with Crippen LogP contribution in [0.4, 0.5) is 5.69 Å². The van der Waals surface area contributed by atoms with Gasteiger partial charge in [0.25, 0.3) is 5.91 Å². The minimum absolute atomic E-state index is 0.176. The lowest BCUT2D eigenvalue weighted by atomic mass is 10.2. The highest BCUT2D eigenvalue weighted by Gasteiger charge is 2.09. The third kappa shape index (κ3) is 2.85. The van der Waals surface area contributed by atoms with Crippen LogP contribution in [0.15, 0.2) is 48.7 Å². The number of amides is 1. The van der Waals surface area contributed by atoms with Crippen LogP contribution < -0.4 is 10.1 Å². The average Bonchev–Trinajstić information content (AvgIpc) is 2.42. The van der Waals surface area contributed by atoms with Gasteiger partial charge in [0.15, 0.2) is 0 Å². The van der Waals surface area contributed by atoms with Crippen molar-refractivity contribution in [2.75, 3.05) is 11.9 Å². The fraction of sp³-hybridized carbons (Fsp3) is 0.143. The SMILES string of the molecule is CCOc1ncccc1NC(=O)c1ccccc1. The highest BCUT2D eigenvalue weighted by Crippen LogP contribution is 2.21. The van der Waals surface area contributed by atoms with Crippen molar-refractivity contribution >= 4 is 11.6 Å². The molecule has 0 radical (unpaired) electrons. The van der Waals surface area contributed by atoms with E-state index >= 15 is 0 Å². The lowest BCUT2D eigenvalue weighted by Gasteiger charge is -2.09. The quantitative estimate of drug-likeness (QED) is 0.896. The number of anilines is 1. The molecule has 0 aliphatic rings. The number of hydrogen-bond donors (Lipinski definition) is 1. The molecule has 18 heavy (non-hydrogen) atoms. The summed E-state index contributed by atoms with van der Waals surface area (Å²) in [5.74, 6) is 0.258. The molecule has 0 fully saturated rings. The Morgan fingerprint density at radius 3 is 2.72 bits per heavy atom. The fourth-order valence-electron chi connectivity index (χ4n) is 1.52. The topological polar surface area (TPSA) is 51.2 Å². The molecule has 0 aliphatic heterocycles. The number of rotatable bonds is 4. The van der Waals surface area contributed by atoms with Crippen LogP contribution in [0.1, 0.15) is 17.3 Å². The van der Waals surface area contributed by atoms with E-state index in [1.54, 1.807) is 30.5 Å².